The van der Waals surface area contributed by atoms with E-state index in [0.717, 1.165) is 29.7 Å². The molecule has 0 radical (unpaired) electrons. The van der Waals surface area contributed by atoms with Gasteiger partial charge in [-0.05, 0) is 54.5 Å². The number of carbonyl (C=O) groups excluding carboxylic acids is 2. The zero-order valence-corrected chi connectivity index (χ0v) is 23.3. The van der Waals surface area contributed by atoms with Crippen LogP contribution in [0.3, 0.4) is 0 Å². The van der Waals surface area contributed by atoms with Gasteiger partial charge in [0, 0.05) is 25.7 Å². The Kier molecular flexibility index (Phi) is 9.55. The Morgan fingerprint density at radius 2 is 1.90 bits per heavy atom. The maximum atomic E-state index is 13.5. The molecular weight excluding hydrogens is 550 g/mol. The summed E-state index contributed by atoms with van der Waals surface area (Å²) in [5.74, 6) is -2.74. The molecule has 4 rings (SSSR count). The Bertz CT molecular complexity index is 1440. The van der Waals surface area contributed by atoms with Crippen molar-refractivity contribution < 1.29 is 27.9 Å². The van der Waals surface area contributed by atoms with Crippen LogP contribution in [0.4, 0.5) is 0 Å². The molecule has 1 saturated heterocycles. The summed E-state index contributed by atoms with van der Waals surface area (Å²) in [6, 6.07) is 10.00. The predicted octanol–water partition coefficient (Wildman–Crippen LogP) is 0.702. The van der Waals surface area contributed by atoms with Gasteiger partial charge < -0.3 is 26.0 Å². The Morgan fingerprint density at radius 3 is 2.59 bits per heavy atom. The fourth-order valence-electron chi connectivity index (χ4n) is 4.92. The zero-order valence-electron chi connectivity index (χ0n) is 22.5. The molecule has 2 atom stereocenters. The van der Waals surface area contributed by atoms with Crippen molar-refractivity contribution in [2.45, 2.75) is 49.1 Å². The Balaban J connectivity index is 1.48. The molecule has 1 aliphatic heterocycles. The summed E-state index contributed by atoms with van der Waals surface area (Å²) in [5.41, 5.74) is 5.28. The number of piperidine rings is 1. The van der Waals surface area contributed by atoms with Crippen LogP contribution in [0.25, 0.3) is 10.8 Å². The van der Waals surface area contributed by atoms with E-state index >= 15 is 0 Å². The molecule has 0 spiro atoms. The number of likely N-dealkylation sites (tertiary alicyclic amines) is 1. The molecule has 2 aromatic carbocycles. The molecule has 6 N–H and O–H groups in total. The number of carboxylic acids is 1. The van der Waals surface area contributed by atoms with Crippen LogP contribution in [0.5, 0.6) is 0 Å². The molecule has 2 aliphatic rings. The van der Waals surface area contributed by atoms with E-state index in [1.807, 2.05) is 17.0 Å². The SMILES string of the molecule is N=C(N)N=CN1CCC[C@H](CNC(=O)C[C@H](NS(=O)(=O)c2ccc3ccccc3c2)C(=O)N(CC(=O)O)C2CC2)C1. The highest BCUT2D eigenvalue weighted by Gasteiger charge is 2.39. The van der Waals surface area contributed by atoms with Crippen LogP contribution in [0, 0.1) is 11.3 Å². The van der Waals surface area contributed by atoms with Gasteiger partial charge in [-0.2, -0.15) is 4.72 Å². The van der Waals surface area contributed by atoms with Gasteiger partial charge in [-0.3, -0.25) is 19.8 Å². The van der Waals surface area contributed by atoms with Gasteiger partial charge >= 0.3 is 5.97 Å². The van der Waals surface area contributed by atoms with Crippen molar-refractivity contribution in [1.82, 2.24) is 19.8 Å². The highest BCUT2D eigenvalue weighted by atomic mass is 32.2. The van der Waals surface area contributed by atoms with Gasteiger partial charge in [0.2, 0.25) is 27.8 Å². The number of nitrogens with two attached hydrogens (primary N) is 1. The van der Waals surface area contributed by atoms with E-state index in [4.69, 9.17) is 11.1 Å². The van der Waals surface area contributed by atoms with Gasteiger partial charge in [-0.1, -0.05) is 30.3 Å². The van der Waals surface area contributed by atoms with Gasteiger partial charge in [0.25, 0.3) is 0 Å². The third-order valence-corrected chi connectivity index (χ3v) is 8.56. The highest BCUT2D eigenvalue weighted by molar-refractivity contribution is 7.89. The summed E-state index contributed by atoms with van der Waals surface area (Å²) in [5, 5.41) is 20.9. The van der Waals surface area contributed by atoms with E-state index < -0.39 is 46.8 Å². The van der Waals surface area contributed by atoms with Crippen LogP contribution in [-0.4, -0.2) is 91.7 Å². The van der Waals surface area contributed by atoms with E-state index in [2.05, 4.69) is 15.0 Å². The van der Waals surface area contributed by atoms with E-state index in [9.17, 15) is 27.9 Å². The van der Waals surface area contributed by atoms with E-state index in [1.165, 1.54) is 18.5 Å². The van der Waals surface area contributed by atoms with Crippen molar-refractivity contribution in [1.29, 1.82) is 5.41 Å². The second-order valence-electron chi connectivity index (χ2n) is 10.4. The van der Waals surface area contributed by atoms with Crippen molar-refractivity contribution in [2.24, 2.45) is 16.6 Å². The number of fused-ring (bicyclic) bond motifs is 1. The minimum Gasteiger partial charge on any atom is -0.480 e. The minimum atomic E-state index is -4.24. The summed E-state index contributed by atoms with van der Waals surface area (Å²) >= 11 is 0. The van der Waals surface area contributed by atoms with Gasteiger partial charge in [0.15, 0.2) is 0 Å². The number of aliphatic imine (C=N–C) groups is 1. The molecule has 1 saturated carbocycles. The molecule has 2 fully saturated rings. The number of hydrogen-bond acceptors (Lipinski definition) is 6. The smallest absolute Gasteiger partial charge is 0.323 e. The van der Waals surface area contributed by atoms with Crippen molar-refractivity contribution in [3.05, 3.63) is 42.5 Å². The first kappa shape index (κ1) is 29.9. The van der Waals surface area contributed by atoms with Gasteiger partial charge in [0.1, 0.15) is 12.6 Å². The molecule has 41 heavy (non-hydrogen) atoms. The molecule has 13 nitrogen and oxygen atoms in total. The Labute approximate surface area is 238 Å². The summed E-state index contributed by atoms with van der Waals surface area (Å²) < 4.78 is 29.1. The van der Waals surface area contributed by atoms with Crippen LogP contribution in [0.1, 0.15) is 32.1 Å². The van der Waals surface area contributed by atoms with Crippen molar-refractivity contribution in [2.75, 3.05) is 26.2 Å². The normalized spacial score (nSPS) is 18.2. The molecule has 2 amide bonds. The number of guanidine groups is 1. The molecule has 220 valence electrons. The fourth-order valence-corrected chi connectivity index (χ4v) is 6.14. The number of amides is 2. The number of sulfonamides is 1. The van der Waals surface area contributed by atoms with E-state index in [-0.39, 0.29) is 22.8 Å². The number of nitrogens with zero attached hydrogens (tertiary/aromatic N) is 3. The van der Waals surface area contributed by atoms with Crippen molar-refractivity contribution in [3.63, 3.8) is 0 Å². The third-order valence-electron chi connectivity index (χ3n) is 7.09. The third kappa shape index (κ3) is 8.47. The fraction of sp³-hybridized carbons (Fsp3) is 0.444. The van der Waals surface area contributed by atoms with Crippen molar-refractivity contribution in [3.8, 4) is 0 Å². The predicted molar refractivity (Wildman–Crippen MR) is 153 cm³/mol. The van der Waals surface area contributed by atoms with Crippen LogP contribution >= 0.6 is 0 Å². The van der Waals surface area contributed by atoms with Crippen LogP contribution < -0.4 is 15.8 Å². The van der Waals surface area contributed by atoms with Crippen LogP contribution in [0.2, 0.25) is 0 Å². The maximum absolute atomic E-state index is 13.5. The quantitative estimate of drug-likeness (QED) is 0.177. The maximum Gasteiger partial charge on any atom is 0.323 e. The molecule has 0 aromatic heterocycles. The highest BCUT2D eigenvalue weighted by Crippen LogP contribution is 2.28. The number of rotatable bonds is 12. The minimum absolute atomic E-state index is 0.0693. The summed E-state index contributed by atoms with van der Waals surface area (Å²) in [4.78, 5) is 44.7. The summed E-state index contributed by atoms with van der Waals surface area (Å²) in [6.07, 6.45) is 3.93. The summed E-state index contributed by atoms with van der Waals surface area (Å²) in [6.45, 7) is 1.04. The lowest BCUT2D eigenvalue weighted by molar-refractivity contribution is -0.146. The molecular formula is C27H35N7O6S. The average molecular weight is 586 g/mol. The molecule has 0 bridgehead atoms. The van der Waals surface area contributed by atoms with Crippen LogP contribution in [0.15, 0.2) is 52.4 Å². The second-order valence-corrected chi connectivity index (χ2v) is 12.1. The molecule has 1 aliphatic carbocycles. The molecule has 14 heteroatoms. The second kappa shape index (κ2) is 13.1. The van der Waals surface area contributed by atoms with E-state index in [1.54, 1.807) is 18.2 Å². The van der Waals surface area contributed by atoms with Gasteiger partial charge in [0.05, 0.1) is 17.7 Å². The monoisotopic (exact) mass is 585 g/mol. The number of aliphatic carboxylic acids is 1. The van der Waals surface area contributed by atoms with E-state index in [0.29, 0.717) is 31.3 Å². The first-order chi connectivity index (χ1) is 19.5. The van der Waals surface area contributed by atoms with Crippen LogP contribution in [-0.2, 0) is 24.4 Å². The number of benzene rings is 2. The molecule has 2 aromatic rings. The van der Waals surface area contributed by atoms with Gasteiger partial charge in [-0.25, -0.2) is 13.4 Å². The number of hydrogen-bond donors (Lipinski definition) is 5. The topological polar surface area (TPSA) is 198 Å². The summed E-state index contributed by atoms with van der Waals surface area (Å²) in [7, 11) is -4.24. The molecule has 1 heterocycles. The first-order valence-electron chi connectivity index (χ1n) is 13.4. The lowest BCUT2D eigenvalue weighted by atomic mass is 9.98. The zero-order chi connectivity index (χ0) is 29.6. The standard InChI is InChI=1S/C27H35N7O6S/c28-27(29)31-17-33-11-3-4-18(15-33)14-30-24(35)13-23(26(38)34(16-25(36)37)21-8-9-21)32-41(39,40)22-10-7-19-5-1-2-6-20(19)12-22/h1-2,5-7,10,12,17-18,21,23,32H,3-4,8-9,11,13-16H2,(H3,28,29)(H,30,35)(H,36,37)/t18-,23+/m1/s1. The number of carboxylic acid groups (broad SMARTS) is 1. The number of nitrogens with one attached hydrogen (secondary N) is 3. The van der Waals surface area contributed by atoms with Gasteiger partial charge in [-0.15, -0.1) is 0 Å². The number of carbonyl (C=O) groups is 3. The first-order valence-corrected chi connectivity index (χ1v) is 14.9. The average Bonchev–Trinajstić information content (AvgIpc) is 3.78. The largest absolute Gasteiger partial charge is 0.480 e. The Hall–Kier alpha value is -4.04. The molecule has 0 unspecified atom stereocenters. The Morgan fingerprint density at radius 1 is 1.17 bits per heavy atom. The lowest BCUT2D eigenvalue weighted by Crippen LogP contribution is -2.52. The van der Waals surface area contributed by atoms with Crippen molar-refractivity contribution >= 4 is 50.9 Å². The lowest BCUT2D eigenvalue weighted by Gasteiger charge is -2.31.